The molecule has 2 rings (SSSR count). The number of hydrogen-bond donors (Lipinski definition) is 1. The van der Waals surface area contributed by atoms with E-state index in [1.807, 2.05) is 6.20 Å². The standard InChI is InChI=1S/C7H7NS/c1-2-8-3-7-5-9-4-6(1)7/h1-2,4-5,8H,3H2. The molecule has 2 heterocycles. The first kappa shape index (κ1) is 5.06. The van der Waals surface area contributed by atoms with E-state index in [4.69, 9.17) is 0 Å². The maximum Gasteiger partial charge on any atom is 0.0409 e. The fraction of sp³-hybridized carbons (Fsp3) is 0.143. The summed E-state index contributed by atoms with van der Waals surface area (Å²) in [5.74, 6) is 0. The summed E-state index contributed by atoms with van der Waals surface area (Å²) >= 11 is 1.76. The molecule has 1 aromatic heterocycles. The smallest absolute Gasteiger partial charge is 0.0409 e. The normalized spacial score (nSPS) is 14.7. The quantitative estimate of drug-likeness (QED) is 0.575. The Kier molecular flexibility index (Phi) is 1.06. The third-order valence-electron chi connectivity index (χ3n) is 1.45. The van der Waals surface area contributed by atoms with Crippen molar-refractivity contribution in [2.24, 2.45) is 0 Å². The van der Waals surface area contributed by atoms with Crippen molar-refractivity contribution < 1.29 is 0 Å². The van der Waals surface area contributed by atoms with Crippen LogP contribution >= 0.6 is 11.3 Å². The number of rotatable bonds is 0. The van der Waals surface area contributed by atoms with E-state index in [0.717, 1.165) is 6.54 Å². The van der Waals surface area contributed by atoms with Crippen LogP contribution in [0.25, 0.3) is 6.08 Å². The van der Waals surface area contributed by atoms with Gasteiger partial charge in [0.25, 0.3) is 0 Å². The van der Waals surface area contributed by atoms with Gasteiger partial charge < -0.3 is 5.32 Å². The van der Waals surface area contributed by atoms with Crippen LogP contribution in [0, 0.1) is 0 Å². The molecule has 0 radical (unpaired) electrons. The van der Waals surface area contributed by atoms with Gasteiger partial charge in [0, 0.05) is 6.54 Å². The summed E-state index contributed by atoms with van der Waals surface area (Å²) in [5, 5.41) is 7.51. The molecule has 1 N–H and O–H groups in total. The lowest BCUT2D eigenvalue weighted by molar-refractivity contribution is 0.864. The fourth-order valence-corrected chi connectivity index (χ4v) is 1.77. The van der Waals surface area contributed by atoms with Gasteiger partial charge in [-0.15, -0.1) is 0 Å². The summed E-state index contributed by atoms with van der Waals surface area (Å²) in [7, 11) is 0. The molecule has 0 aromatic carbocycles. The van der Waals surface area contributed by atoms with Crippen LogP contribution in [0.4, 0.5) is 0 Å². The lowest BCUT2D eigenvalue weighted by Gasteiger charge is -2.05. The van der Waals surface area contributed by atoms with Crippen LogP contribution in [0.5, 0.6) is 0 Å². The maximum atomic E-state index is 3.15. The van der Waals surface area contributed by atoms with Gasteiger partial charge in [0.05, 0.1) is 0 Å². The van der Waals surface area contributed by atoms with Gasteiger partial charge in [-0.2, -0.15) is 11.3 Å². The second kappa shape index (κ2) is 1.88. The highest BCUT2D eigenvalue weighted by molar-refractivity contribution is 7.08. The highest BCUT2D eigenvalue weighted by atomic mass is 32.1. The largest absolute Gasteiger partial charge is 0.387 e. The van der Waals surface area contributed by atoms with Gasteiger partial charge in [0.1, 0.15) is 0 Å². The first-order valence-electron chi connectivity index (χ1n) is 2.92. The molecule has 0 aliphatic carbocycles. The Bertz CT molecular complexity index is 237. The second-order valence-electron chi connectivity index (χ2n) is 2.07. The van der Waals surface area contributed by atoms with Gasteiger partial charge in [-0.25, -0.2) is 0 Å². The van der Waals surface area contributed by atoms with Crippen molar-refractivity contribution in [3.63, 3.8) is 0 Å². The van der Waals surface area contributed by atoms with Crippen LogP contribution in [0.3, 0.4) is 0 Å². The molecule has 46 valence electrons. The van der Waals surface area contributed by atoms with Crippen molar-refractivity contribution in [1.29, 1.82) is 0 Å². The van der Waals surface area contributed by atoms with E-state index < -0.39 is 0 Å². The van der Waals surface area contributed by atoms with E-state index in [0.29, 0.717) is 0 Å². The lowest BCUT2D eigenvalue weighted by Crippen LogP contribution is -2.07. The second-order valence-corrected chi connectivity index (χ2v) is 2.81. The van der Waals surface area contributed by atoms with E-state index in [-0.39, 0.29) is 0 Å². The predicted molar refractivity (Wildman–Crippen MR) is 40.2 cm³/mol. The first-order chi connectivity index (χ1) is 4.47. The van der Waals surface area contributed by atoms with Gasteiger partial charge in [-0.05, 0) is 34.2 Å². The Hall–Kier alpha value is -0.760. The van der Waals surface area contributed by atoms with E-state index >= 15 is 0 Å². The van der Waals surface area contributed by atoms with Crippen molar-refractivity contribution in [1.82, 2.24) is 5.32 Å². The molecule has 0 saturated heterocycles. The van der Waals surface area contributed by atoms with Crippen molar-refractivity contribution >= 4 is 17.4 Å². The average Bonchev–Trinajstić information content (AvgIpc) is 2.33. The molecule has 0 atom stereocenters. The Morgan fingerprint density at radius 3 is 3.33 bits per heavy atom. The molecular weight excluding hydrogens is 130 g/mol. The highest BCUT2D eigenvalue weighted by Gasteiger charge is 2.01. The van der Waals surface area contributed by atoms with Crippen LogP contribution in [-0.2, 0) is 6.54 Å². The zero-order valence-corrected chi connectivity index (χ0v) is 5.74. The first-order valence-corrected chi connectivity index (χ1v) is 3.86. The predicted octanol–water partition coefficient (Wildman–Crippen LogP) is 1.82. The van der Waals surface area contributed by atoms with Gasteiger partial charge in [-0.3, -0.25) is 0 Å². The van der Waals surface area contributed by atoms with E-state index in [1.165, 1.54) is 11.1 Å². The Balaban J connectivity index is 2.53. The molecule has 0 saturated carbocycles. The number of fused-ring (bicyclic) bond motifs is 1. The Labute approximate surface area is 58.0 Å². The minimum Gasteiger partial charge on any atom is -0.387 e. The van der Waals surface area contributed by atoms with Gasteiger partial charge in [0.2, 0.25) is 0 Å². The maximum absolute atomic E-state index is 3.15. The van der Waals surface area contributed by atoms with Gasteiger partial charge in [0.15, 0.2) is 0 Å². The summed E-state index contributed by atoms with van der Waals surface area (Å²) in [6, 6.07) is 0. The van der Waals surface area contributed by atoms with E-state index in [9.17, 15) is 0 Å². The highest BCUT2D eigenvalue weighted by Crippen LogP contribution is 2.18. The Morgan fingerprint density at radius 2 is 2.44 bits per heavy atom. The molecule has 0 unspecified atom stereocenters. The van der Waals surface area contributed by atoms with Crippen LogP contribution in [0.1, 0.15) is 11.1 Å². The van der Waals surface area contributed by atoms with Crippen LogP contribution in [0.15, 0.2) is 17.0 Å². The summed E-state index contributed by atoms with van der Waals surface area (Å²) in [6.45, 7) is 0.995. The fourth-order valence-electron chi connectivity index (χ4n) is 0.941. The number of nitrogens with one attached hydrogen (secondary N) is 1. The van der Waals surface area contributed by atoms with Crippen LogP contribution in [-0.4, -0.2) is 0 Å². The number of hydrogen-bond acceptors (Lipinski definition) is 2. The van der Waals surface area contributed by atoms with Crippen molar-refractivity contribution in [3.8, 4) is 0 Å². The van der Waals surface area contributed by atoms with Gasteiger partial charge in [-0.1, -0.05) is 0 Å². The molecule has 1 aliphatic heterocycles. The van der Waals surface area contributed by atoms with Gasteiger partial charge >= 0.3 is 0 Å². The summed E-state index contributed by atoms with van der Waals surface area (Å²) < 4.78 is 0. The molecule has 0 amide bonds. The topological polar surface area (TPSA) is 12.0 Å². The minimum atomic E-state index is 0.995. The third-order valence-corrected chi connectivity index (χ3v) is 2.26. The van der Waals surface area contributed by atoms with Crippen molar-refractivity contribution in [2.45, 2.75) is 6.54 Å². The molecule has 0 fully saturated rings. The molecular formula is C7H7NS. The average molecular weight is 137 g/mol. The zero-order chi connectivity index (χ0) is 6.10. The third kappa shape index (κ3) is 0.754. The summed E-state index contributed by atoms with van der Waals surface area (Å²) in [6.07, 6.45) is 4.10. The summed E-state index contributed by atoms with van der Waals surface area (Å²) in [4.78, 5) is 0. The van der Waals surface area contributed by atoms with Crippen molar-refractivity contribution in [2.75, 3.05) is 0 Å². The molecule has 1 aromatic rings. The Morgan fingerprint density at radius 1 is 1.44 bits per heavy atom. The molecule has 0 spiro atoms. The monoisotopic (exact) mass is 137 g/mol. The molecule has 0 bridgehead atoms. The molecule has 1 aliphatic rings. The zero-order valence-electron chi connectivity index (χ0n) is 4.92. The lowest BCUT2D eigenvalue weighted by atomic mass is 10.1. The minimum absolute atomic E-state index is 0.995. The number of thiophene rings is 1. The molecule has 9 heavy (non-hydrogen) atoms. The van der Waals surface area contributed by atoms with Crippen molar-refractivity contribution in [3.05, 3.63) is 28.1 Å². The van der Waals surface area contributed by atoms with E-state index in [1.54, 1.807) is 11.3 Å². The van der Waals surface area contributed by atoms with Crippen LogP contribution < -0.4 is 5.32 Å². The molecule has 1 nitrogen and oxygen atoms in total. The summed E-state index contributed by atoms with van der Waals surface area (Å²) in [5.41, 5.74) is 2.79. The van der Waals surface area contributed by atoms with E-state index in [2.05, 4.69) is 22.2 Å². The molecule has 2 heteroatoms. The SMILES string of the molecule is C1=Cc2cscc2CN1. The van der Waals surface area contributed by atoms with Crippen LogP contribution in [0.2, 0.25) is 0 Å².